The smallest absolute Gasteiger partial charge is 0.406 e. The van der Waals surface area contributed by atoms with Gasteiger partial charge in [-0.25, -0.2) is 0 Å². The van der Waals surface area contributed by atoms with Crippen LogP contribution in [0.15, 0.2) is 5.16 Å². The average molecular weight is 281 g/mol. The van der Waals surface area contributed by atoms with Crippen LogP contribution in [0.2, 0.25) is 0 Å². The lowest BCUT2D eigenvalue weighted by Crippen LogP contribution is -2.47. The molecule has 0 aromatic rings. The standard InChI is InChI=1S/C11H18F3N3O2/c1-2-3-8(9(15)16-19)10(18)17(7-4-5-7)6-11(12,13)14/h7-8,19H,2-6H2,1H3,(H2,15,16). The first-order valence-corrected chi connectivity index (χ1v) is 6.14. The summed E-state index contributed by atoms with van der Waals surface area (Å²) in [7, 11) is 0. The van der Waals surface area contributed by atoms with E-state index in [4.69, 9.17) is 10.9 Å². The Hall–Kier alpha value is -1.47. The van der Waals surface area contributed by atoms with Gasteiger partial charge in [0.25, 0.3) is 0 Å². The van der Waals surface area contributed by atoms with E-state index in [0.29, 0.717) is 19.3 Å². The van der Waals surface area contributed by atoms with Gasteiger partial charge in [-0.05, 0) is 19.3 Å². The predicted molar refractivity (Wildman–Crippen MR) is 62.6 cm³/mol. The lowest BCUT2D eigenvalue weighted by molar-refractivity contribution is -0.163. The number of alkyl halides is 3. The highest BCUT2D eigenvalue weighted by molar-refractivity contribution is 6.02. The van der Waals surface area contributed by atoms with Crippen molar-refractivity contribution in [1.29, 1.82) is 0 Å². The van der Waals surface area contributed by atoms with Crippen LogP contribution in [0, 0.1) is 5.92 Å². The van der Waals surface area contributed by atoms with E-state index in [0.717, 1.165) is 4.90 Å². The molecule has 0 aromatic heterocycles. The molecule has 1 aliphatic carbocycles. The molecule has 110 valence electrons. The number of hydrogen-bond acceptors (Lipinski definition) is 3. The highest BCUT2D eigenvalue weighted by atomic mass is 19.4. The number of oxime groups is 1. The fourth-order valence-electron chi connectivity index (χ4n) is 1.92. The maximum Gasteiger partial charge on any atom is 0.406 e. The fourth-order valence-corrected chi connectivity index (χ4v) is 1.92. The topological polar surface area (TPSA) is 78.9 Å². The largest absolute Gasteiger partial charge is 0.409 e. The van der Waals surface area contributed by atoms with Gasteiger partial charge in [-0.15, -0.1) is 0 Å². The number of halogens is 3. The summed E-state index contributed by atoms with van der Waals surface area (Å²) in [5.41, 5.74) is 5.40. The number of nitrogens with zero attached hydrogens (tertiary/aromatic N) is 2. The molecule has 0 aliphatic heterocycles. The van der Waals surface area contributed by atoms with Crippen molar-refractivity contribution in [1.82, 2.24) is 4.90 Å². The van der Waals surface area contributed by atoms with Crippen LogP contribution in [0.3, 0.4) is 0 Å². The Kier molecular flexibility index (Phi) is 5.02. The Morgan fingerprint density at radius 2 is 2.11 bits per heavy atom. The first kappa shape index (κ1) is 15.6. The molecule has 8 heteroatoms. The van der Waals surface area contributed by atoms with Gasteiger partial charge >= 0.3 is 6.18 Å². The van der Waals surface area contributed by atoms with Gasteiger partial charge in [-0.1, -0.05) is 18.5 Å². The molecule has 1 atom stereocenters. The second kappa shape index (κ2) is 6.12. The van der Waals surface area contributed by atoms with Crippen LogP contribution in [0.25, 0.3) is 0 Å². The van der Waals surface area contributed by atoms with Gasteiger partial charge in [0.1, 0.15) is 6.54 Å². The van der Waals surface area contributed by atoms with Gasteiger partial charge in [0.15, 0.2) is 5.84 Å². The predicted octanol–water partition coefficient (Wildman–Crippen LogP) is 1.70. The van der Waals surface area contributed by atoms with E-state index in [1.807, 2.05) is 0 Å². The van der Waals surface area contributed by atoms with E-state index in [9.17, 15) is 18.0 Å². The Morgan fingerprint density at radius 1 is 1.53 bits per heavy atom. The van der Waals surface area contributed by atoms with Crippen LogP contribution >= 0.6 is 0 Å². The van der Waals surface area contributed by atoms with Crippen LogP contribution in [0.1, 0.15) is 32.6 Å². The molecule has 1 aliphatic rings. The summed E-state index contributed by atoms with van der Waals surface area (Å²) < 4.78 is 37.4. The highest BCUT2D eigenvalue weighted by Crippen LogP contribution is 2.32. The van der Waals surface area contributed by atoms with E-state index in [1.54, 1.807) is 6.92 Å². The van der Waals surface area contributed by atoms with Gasteiger partial charge in [0.05, 0.1) is 5.92 Å². The minimum atomic E-state index is -4.44. The summed E-state index contributed by atoms with van der Waals surface area (Å²) in [5, 5.41) is 11.4. The van der Waals surface area contributed by atoms with Gasteiger partial charge < -0.3 is 15.8 Å². The van der Waals surface area contributed by atoms with Gasteiger partial charge in [-0.2, -0.15) is 13.2 Å². The minimum absolute atomic E-state index is 0.260. The molecule has 19 heavy (non-hydrogen) atoms. The normalized spacial score (nSPS) is 18.2. The zero-order valence-corrected chi connectivity index (χ0v) is 10.7. The van der Waals surface area contributed by atoms with E-state index in [2.05, 4.69) is 5.16 Å². The average Bonchev–Trinajstić information content (AvgIpc) is 3.14. The molecule has 0 bridgehead atoms. The fraction of sp³-hybridized carbons (Fsp3) is 0.818. The van der Waals surface area contributed by atoms with E-state index in [1.165, 1.54) is 0 Å². The lowest BCUT2D eigenvalue weighted by atomic mass is 10.0. The number of nitrogens with two attached hydrogens (primary N) is 1. The molecule has 1 fully saturated rings. The molecule has 3 N–H and O–H groups in total. The van der Waals surface area contributed by atoms with Gasteiger partial charge in [0, 0.05) is 6.04 Å². The Balaban J connectivity index is 2.84. The molecule has 0 heterocycles. The zero-order valence-electron chi connectivity index (χ0n) is 10.7. The van der Waals surface area contributed by atoms with Crippen LogP contribution in [0.5, 0.6) is 0 Å². The van der Waals surface area contributed by atoms with E-state index >= 15 is 0 Å². The monoisotopic (exact) mass is 281 g/mol. The second-order valence-electron chi connectivity index (χ2n) is 4.68. The summed E-state index contributed by atoms with van der Waals surface area (Å²) in [4.78, 5) is 13.0. The van der Waals surface area contributed by atoms with Crippen LogP contribution in [0.4, 0.5) is 13.2 Å². The highest BCUT2D eigenvalue weighted by Gasteiger charge is 2.43. The minimum Gasteiger partial charge on any atom is -0.409 e. The number of carbonyl (C=O) groups excluding carboxylic acids is 1. The Bertz CT molecular complexity index is 354. The summed E-state index contributed by atoms with van der Waals surface area (Å²) >= 11 is 0. The number of amides is 1. The molecule has 0 aromatic carbocycles. The van der Waals surface area contributed by atoms with Crippen molar-refractivity contribution in [3.8, 4) is 0 Å². The molecular formula is C11H18F3N3O2. The van der Waals surface area contributed by atoms with Crippen molar-refractivity contribution in [2.24, 2.45) is 16.8 Å². The van der Waals surface area contributed by atoms with E-state index in [-0.39, 0.29) is 18.3 Å². The van der Waals surface area contributed by atoms with Crippen molar-refractivity contribution in [2.75, 3.05) is 6.54 Å². The first-order chi connectivity index (χ1) is 8.80. The molecular weight excluding hydrogens is 263 g/mol. The van der Waals surface area contributed by atoms with Crippen molar-refractivity contribution in [3.63, 3.8) is 0 Å². The van der Waals surface area contributed by atoms with Crippen LogP contribution < -0.4 is 5.73 Å². The molecule has 1 amide bonds. The quantitative estimate of drug-likeness (QED) is 0.336. The number of amidine groups is 1. The van der Waals surface area contributed by atoms with Crippen molar-refractivity contribution in [2.45, 2.75) is 44.8 Å². The van der Waals surface area contributed by atoms with Gasteiger partial charge in [-0.3, -0.25) is 4.79 Å². The third kappa shape index (κ3) is 4.60. The van der Waals surface area contributed by atoms with Crippen molar-refractivity contribution in [3.05, 3.63) is 0 Å². The summed E-state index contributed by atoms with van der Waals surface area (Å²) in [6.45, 7) is 0.492. The Morgan fingerprint density at radius 3 is 2.47 bits per heavy atom. The third-order valence-electron chi connectivity index (χ3n) is 2.97. The van der Waals surface area contributed by atoms with Crippen molar-refractivity contribution >= 4 is 11.7 Å². The molecule has 1 rings (SSSR count). The molecule has 0 saturated heterocycles. The molecule has 1 unspecified atom stereocenters. The van der Waals surface area contributed by atoms with Crippen LogP contribution in [-0.2, 0) is 4.79 Å². The van der Waals surface area contributed by atoms with Crippen LogP contribution in [-0.4, -0.2) is 40.6 Å². The molecule has 0 radical (unpaired) electrons. The number of carbonyl (C=O) groups is 1. The molecule has 5 nitrogen and oxygen atoms in total. The van der Waals surface area contributed by atoms with E-state index < -0.39 is 24.5 Å². The third-order valence-corrected chi connectivity index (χ3v) is 2.97. The number of hydrogen-bond donors (Lipinski definition) is 2. The number of rotatable bonds is 6. The molecule has 0 spiro atoms. The SMILES string of the molecule is CCCC(C(=O)N(CC(F)(F)F)C1CC1)C(N)=NO. The lowest BCUT2D eigenvalue weighted by Gasteiger charge is -2.27. The summed E-state index contributed by atoms with van der Waals surface area (Å²) in [6.07, 6.45) is -2.50. The zero-order chi connectivity index (χ0) is 14.6. The second-order valence-corrected chi connectivity index (χ2v) is 4.68. The first-order valence-electron chi connectivity index (χ1n) is 6.14. The van der Waals surface area contributed by atoms with Crippen molar-refractivity contribution < 1.29 is 23.2 Å². The van der Waals surface area contributed by atoms with Gasteiger partial charge in [0.2, 0.25) is 5.91 Å². The maximum absolute atomic E-state index is 12.5. The summed E-state index contributed by atoms with van der Waals surface area (Å²) in [6, 6.07) is -0.375. The summed E-state index contributed by atoms with van der Waals surface area (Å²) in [5.74, 6) is -2.03. The molecule has 1 saturated carbocycles. The Labute approximate surface area is 109 Å². The maximum atomic E-state index is 12.5.